The van der Waals surface area contributed by atoms with Gasteiger partial charge in [0.1, 0.15) is 11.2 Å². The number of carboxylic acids is 1. The Balaban J connectivity index is 2.06. The van der Waals surface area contributed by atoms with Crippen LogP contribution < -0.4 is 10.1 Å². The van der Waals surface area contributed by atoms with Crippen molar-refractivity contribution in [3.05, 3.63) is 24.3 Å². The molecule has 7 heteroatoms. The van der Waals surface area contributed by atoms with Gasteiger partial charge in [0, 0.05) is 25.0 Å². The quantitative estimate of drug-likeness (QED) is 0.851. The molecule has 1 fully saturated rings. The first kappa shape index (κ1) is 15.8. The molecule has 1 aliphatic heterocycles. The SMILES string of the molecule is N#CC1(C(=O)Nc2cccc(OCC(=O)O)c2)CCOCC1. The van der Waals surface area contributed by atoms with Gasteiger partial charge >= 0.3 is 5.97 Å². The van der Waals surface area contributed by atoms with E-state index in [-0.39, 0.29) is 5.91 Å². The van der Waals surface area contributed by atoms with Crippen LogP contribution in [-0.2, 0) is 14.3 Å². The van der Waals surface area contributed by atoms with E-state index < -0.39 is 18.0 Å². The number of carbonyl (C=O) groups excluding carboxylic acids is 1. The first-order chi connectivity index (χ1) is 10.6. The molecule has 0 aromatic heterocycles. The lowest BCUT2D eigenvalue weighted by molar-refractivity contribution is -0.139. The zero-order chi connectivity index (χ0) is 16.0. The lowest BCUT2D eigenvalue weighted by atomic mass is 9.81. The van der Waals surface area contributed by atoms with Crippen LogP contribution in [0.4, 0.5) is 5.69 Å². The number of ether oxygens (including phenoxy) is 2. The normalized spacial score (nSPS) is 16.3. The van der Waals surface area contributed by atoms with Gasteiger partial charge in [-0.25, -0.2) is 4.79 Å². The number of carboxylic acid groups (broad SMARTS) is 1. The Morgan fingerprint density at radius 1 is 1.41 bits per heavy atom. The van der Waals surface area contributed by atoms with Crippen LogP contribution in [0.2, 0.25) is 0 Å². The van der Waals surface area contributed by atoms with Crippen molar-refractivity contribution in [3.8, 4) is 11.8 Å². The monoisotopic (exact) mass is 304 g/mol. The Bertz CT molecular complexity index is 602. The van der Waals surface area contributed by atoms with E-state index >= 15 is 0 Å². The molecule has 0 spiro atoms. The summed E-state index contributed by atoms with van der Waals surface area (Å²) < 4.78 is 10.2. The van der Waals surface area contributed by atoms with Crippen LogP contribution in [0, 0.1) is 16.7 Å². The van der Waals surface area contributed by atoms with E-state index in [0.29, 0.717) is 37.5 Å². The highest BCUT2D eigenvalue weighted by Crippen LogP contribution is 2.31. The number of anilines is 1. The smallest absolute Gasteiger partial charge is 0.341 e. The minimum atomic E-state index is -1.09. The fourth-order valence-corrected chi connectivity index (χ4v) is 2.17. The molecule has 1 aliphatic rings. The van der Waals surface area contributed by atoms with E-state index in [2.05, 4.69) is 11.4 Å². The van der Waals surface area contributed by atoms with Crippen molar-refractivity contribution in [1.82, 2.24) is 0 Å². The zero-order valence-electron chi connectivity index (χ0n) is 11.9. The molecule has 1 heterocycles. The summed E-state index contributed by atoms with van der Waals surface area (Å²) >= 11 is 0. The van der Waals surface area contributed by atoms with Gasteiger partial charge in [0.15, 0.2) is 6.61 Å². The number of carbonyl (C=O) groups is 2. The van der Waals surface area contributed by atoms with Crippen molar-refractivity contribution in [2.75, 3.05) is 25.1 Å². The number of nitrogens with zero attached hydrogens (tertiary/aromatic N) is 1. The Morgan fingerprint density at radius 3 is 2.77 bits per heavy atom. The lowest BCUT2D eigenvalue weighted by Crippen LogP contribution is -2.39. The van der Waals surface area contributed by atoms with Crippen molar-refractivity contribution in [2.45, 2.75) is 12.8 Å². The van der Waals surface area contributed by atoms with Crippen molar-refractivity contribution >= 4 is 17.6 Å². The van der Waals surface area contributed by atoms with Crippen molar-refractivity contribution in [2.24, 2.45) is 5.41 Å². The summed E-state index contributed by atoms with van der Waals surface area (Å²) in [5.74, 6) is -1.13. The zero-order valence-corrected chi connectivity index (χ0v) is 11.9. The second kappa shape index (κ2) is 6.91. The van der Waals surface area contributed by atoms with Gasteiger partial charge in [0.05, 0.1) is 6.07 Å². The van der Waals surface area contributed by atoms with Gasteiger partial charge in [-0.05, 0) is 25.0 Å². The summed E-state index contributed by atoms with van der Waals surface area (Å²) in [7, 11) is 0. The first-order valence-electron chi connectivity index (χ1n) is 6.81. The van der Waals surface area contributed by atoms with Crippen LogP contribution in [-0.4, -0.2) is 36.8 Å². The number of rotatable bonds is 5. The van der Waals surface area contributed by atoms with Crippen LogP contribution in [0.25, 0.3) is 0 Å². The van der Waals surface area contributed by atoms with Crippen LogP contribution in [0.3, 0.4) is 0 Å². The average molecular weight is 304 g/mol. The molecule has 1 aromatic rings. The highest BCUT2D eigenvalue weighted by Gasteiger charge is 2.40. The number of nitrogens with one attached hydrogen (secondary N) is 1. The first-order valence-corrected chi connectivity index (χ1v) is 6.81. The van der Waals surface area contributed by atoms with Gasteiger partial charge in [-0.15, -0.1) is 0 Å². The lowest BCUT2D eigenvalue weighted by Gasteiger charge is -2.29. The number of hydrogen-bond donors (Lipinski definition) is 2. The Kier molecular flexibility index (Phi) is 4.96. The number of nitriles is 1. The number of aliphatic carboxylic acids is 1. The third kappa shape index (κ3) is 3.74. The van der Waals surface area contributed by atoms with E-state index in [0.717, 1.165) is 0 Å². The molecule has 1 saturated heterocycles. The number of benzene rings is 1. The van der Waals surface area contributed by atoms with Crippen LogP contribution in [0.5, 0.6) is 5.75 Å². The van der Waals surface area contributed by atoms with Crippen molar-refractivity contribution in [1.29, 1.82) is 5.26 Å². The third-order valence-electron chi connectivity index (χ3n) is 3.45. The van der Waals surface area contributed by atoms with Crippen molar-refractivity contribution < 1.29 is 24.2 Å². The minimum Gasteiger partial charge on any atom is -0.482 e. The van der Waals surface area contributed by atoms with Crippen molar-refractivity contribution in [3.63, 3.8) is 0 Å². The highest BCUT2D eigenvalue weighted by molar-refractivity contribution is 5.97. The molecule has 2 rings (SSSR count). The molecule has 0 radical (unpaired) electrons. The van der Waals surface area contributed by atoms with E-state index in [1.165, 1.54) is 6.07 Å². The molecule has 1 aromatic carbocycles. The second-order valence-corrected chi connectivity index (χ2v) is 4.97. The standard InChI is InChI=1S/C15H16N2O5/c16-10-15(4-6-21-7-5-15)14(20)17-11-2-1-3-12(8-11)22-9-13(18)19/h1-3,8H,4-7,9H2,(H,17,20)(H,18,19). The molecule has 0 atom stereocenters. The molecule has 1 amide bonds. The highest BCUT2D eigenvalue weighted by atomic mass is 16.5. The van der Waals surface area contributed by atoms with E-state index in [9.17, 15) is 14.9 Å². The van der Waals surface area contributed by atoms with E-state index in [1.807, 2.05) is 0 Å². The Hall–Kier alpha value is -2.59. The molecular weight excluding hydrogens is 288 g/mol. The summed E-state index contributed by atoms with van der Waals surface area (Å²) in [6.07, 6.45) is 0.703. The van der Waals surface area contributed by atoms with Gasteiger partial charge < -0.3 is 19.9 Å². The molecule has 0 bridgehead atoms. The van der Waals surface area contributed by atoms with Gasteiger partial charge in [-0.2, -0.15) is 5.26 Å². The molecular formula is C15H16N2O5. The molecule has 0 aliphatic carbocycles. The predicted octanol–water partition coefficient (Wildman–Crippen LogP) is 1.41. The molecule has 0 unspecified atom stereocenters. The average Bonchev–Trinajstić information content (AvgIpc) is 2.54. The van der Waals surface area contributed by atoms with Crippen LogP contribution >= 0.6 is 0 Å². The fraction of sp³-hybridized carbons (Fsp3) is 0.400. The van der Waals surface area contributed by atoms with E-state index in [4.69, 9.17) is 14.6 Å². The predicted molar refractivity (Wildman–Crippen MR) is 76.3 cm³/mol. The summed E-state index contributed by atoms with van der Waals surface area (Å²) in [6.45, 7) is 0.294. The molecule has 7 nitrogen and oxygen atoms in total. The maximum atomic E-state index is 12.4. The topological polar surface area (TPSA) is 109 Å². The maximum Gasteiger partial charge on any atom is 0.341 e. The fourth-order valence-electron chi connectivity index (χ4n) is 2.17. The minimum absolute atomic E-state index is 0.332. The third-order valence-corrected chi connectivity index (χ3v) is 3.45. The van der Waals surface area contributed by atoms with Gasteiger partial charge in [-0.1, -0.05) is 6.07 Å². The molecule has 22 heavy (non-hydrogen) atoms. The molecule has 2 N–H and O–H groups in total. The second-order valence-electron chi connectivity index (χ2n) is 4.97. The van der Waals surface area contributed by atoms with Gasteiger partial charge in [-0.3, -0.25) is 4.79 Å². The van der Waals surface area contributed by atoms with Gasteiger partial charge in [0.25, 0.3) is 0 Å². The Labute approximate surface area is 127 Å². The van der Waals surface area contributed by atoms with Crippen LogP contribution in [0.15, 0.2) is 24.3 Å². The summed E-state index contributed by atoms with van der Waals surface area (Å²) in [5, 5.41) is 20.6. The van der Waals surface area contributed by atoms with Gasteiger partial charge in [0.2, 0.25) is 5.91 Å². The summed E-state index contributed by atoms with van der Waals surface area (Å²) in [6, 6.07) is 8.48. The largest absolute Gasteiger partial charge is 0.482 e. The van der Waals surface area contributed by atoms with Crippen LogP contribution in [0.1, 0.15) is 12.8 Å². The Morgan fingerprint density at radius 2 is 2.14 bits per heavy atom. The number of amides is 1. The van der Waals surface area contributed by atoms with E-state index in [1.54, 1.807) is 18.2 Å². The number of hydrogen-bond acceptors (Lipinski definition) is 5. The summed E-state index contributed by atoms with van der Waals surface area (Å²) in [4.78, 5) is 22.9. The maximum absolute atomic E-state index is 12.4. The molecule has 116 valence electrons. The summed E-state index contributed by atoms with van der Waals surface area (Å²) in [5.41, 5.74) is -0.634. The molecule has 0 saturated carbocycles.